The van der Waals surface area contributed by atoms with Gasteiger partial charge in [-0.3, -0.25) is 4.90 Å². The number of nitrogens with zero attached hydrogens (tertiary/aromatic N) is 1. The van der Waals surface area contributed by atoms with Crippen molar-refractivity contribution in [1.29, 1.82) is 0 Å². The third kappa shape index (κ3) is 5.06. The zero-order valence-electron chi connectivity index (χ0n) is 19.5. The summed E-state index contributed by atoms with van der Waals surface area (Å²) in [6.07, 6.45) is -2.24. The highest BCUT2D eigenvalue weighted by Crippen LogP contribution is 2.43. The maximum absolute atomic E-state index is 15.5. The lowest BCUT2D eigenvalue weighted by atomic mass is 9.87. The molecule has 3 aromatic rings. The SMILES string of the molecule is C=C(CCCN1C(C)Cc2c([nH]c3ccccc23)C1c1c(F)cc(/C=C/C(=O)O)cc1F)C(F)(F)F. The van der Waals surface area contributed by atoms with Crippen LogP contribution >= 0.6 is 0 Å². The molecule has 1 aromatic heterocycles. The number of aromatic amines is 1. The van der Waals surface area contributed by atoms with E-state index in [9.17, 15) is 18.0 Å². The Morgan fingerprint density at radius 2 is 1.89 bits per heavy atom. The number of carboxylic acid groups (broad SMARTS) is 1. The molecule has 1 aliphatic rings. The molecule has 2 N–H and O–H groups in total. The van der Waals surface area contributed by atoms with Gasteiger partial charge in [0.05, 0.1) is 6.04 Å². The number of para-hydroxylation sites is 1. The Morgan fingerprint density at radius 1 is 1.22 bits per heavy atom. The first-order chi connectivity index (χ1) is 17.0. The van der Waals surface area contributed by atoms with Gasteiger partial charge in [-0.05, 0) is 68.1 Å². The van der Waals surface area contributed by atoms with Crippen molar-refractivity contribution in [3.05, 3.63) is 88.6 Å². The maximum atomic E-state index is 15.5. The standard InChI is InChI=1S/C27H25F5N2O2/c1-15(27(30,31)32)6-5-11-34-16(2)12-19-18-7-3-4-8-22(18)33-25(19)26(34)24-20(28)13-17(14-21(24)29)9-10-23(35)36/h3-4,7-10,13-14,16,26,33H,1,5-6,11-12H2,2H3,(H,35,36)/b10-9+. The van der Waals surface area contributed by atoms with Gasteiger partial charge in [0.15, 0.2) is 0 Å². The predicted octanol–water partition coefficient (Wildman–Crippen LogP) is 6.78. The zero-order chi connectivity index (χ0) is 26.2. The van der Waals surface area contributed by atoms with Gasteiger partial charge < -0.3 is 10.1 Å². The summed E-state index contributed by atoms with van der Waals surface area (Å²) >= 11 is 0. The summed E-state index contributed by atoms with van der Waals surface area (Å²) < 4.78 is 69.7. The average Bonchev–Trinajstić information content (AvgIpc) is 3.16. The summed E-state index contributed by atoms with van der Waals surface area (Å²) in [5, 5.41) is 9.75. The van der Waals surface area contributed by atoms with Crippen LogP contribution in [0.1, 0.15) is 48.2 Å². The van der Waals surface area contributed by atoms with E-state index in [4.69, 9.17) is 5.11 Å². The van der Waals surface area contributed by atoms with Crippen LogP contribution in [0.3, 0.4) is 0 Å². The molecule has 4 nitrogen and oxygen atoms in total. The quantitative estimate of drug-likeness (QED) is 0.212. The molecule has 1 aliphatic heterocycles. The molecule has 2 aromatic carbocycles. The first kappa shape index (κ1) is 25.6. The van der Waals surface area contributed by atoms with E-state index in [0.717, 1.165) is 40.8 Å². The van der Waals surface area contributed by atoms with Crippen LogP contribution in [0.5, 0.6) is 0 Å². The van der Waals surface area contributed by atoms with Crippen molar-refractivity contribution in [3.63, 3.8) is 0 Å². The number of hydrogen-bond donors (Lipinski definition) is 2. The number of benzene rings is 2. The molecule has 0 spiro atoms. The molecule has 36 heavy (non-hydrogen) atoms. The minimum atomic E-state index is -4.49. The largest absolute Gasteiger partial charge is 0.478 e. The summed E-state index contributed by atoms with van der Waals surface area (Å²) in [6, 6.07) is 8.48. The van der Waals surface area contributed by atoms with Crippen molar-refractivity contribution in [2.24, 2.45) is 0 Å². The Morgan fingerprint density at radius 3 is 2.53 bits per heavy atom. The number of aliphatic carboxylic acids is 1. The molecule has 190 valence electrons. The summed E-state index contributed by atoms with van der Waals surface area (Å²) in [6.45, 7) is 5.17. The lowest BCUT2D eigenvalue weighted by Gasteiger charge is -2.41. The average molecular weight is 504 g/mol. The van der Waals surface area contributed by atoms with Crippen LogP contribution in [0.15, 0.2) is 54.6 Å². The maximum Gasteiger partial charge on any atom is 0.412 e. The molecule has 0 fully saturated rings. The van der Waals surface area contributed by atoms with Crippen LogP contribution < -0.4 is 0 Å². The fraction of sp³-hybridized carbons (Fsp3) is 0.296. The molecule has 0 saturated heterocycles. The van der Waals surface area contributed by atoms with E-state index < -0.39 is 35.4 Å². The van der Waals surface area contributed by atoms with E-state index in [-0.39, 0.29) is 36.6 Å². The Kier molecular flexibility index (Phi) is 7.04. The number of alkyl halides is 3. The van der Waals surface area contributed by atoms with E-state index in [1.807, 2.05) is 36.1 Å². The van der Waals surface area contributed by atoms with Crippen LogP contribution in [0, 0.1) is 11.6 Å². The zero-order valence-corrected chi connectivity index (χ0v) is 19.5. The topological polar surface area (TPSA) is 56.3 Å². The van der Waals surface area contributed by atoms with Crippen molar-refractivity contribution in [2.75, 3.05) is 6.54 Å². The number of H-pyrrole nitrogens is 1. The second kappa shape index (κ2) is 9.89. The molecule has 2 atom stereocenters. The van der Waals surface area contributed by atoms with Gasteiger partial charge in [-0.25, -0.2) is 13.6 Å². The lowest BCUT2D eigenvalue weighted by molar-refractivity contribution is -0.131. The molecular formula is C27H25F5N2O2. The molecule has 2 heterocycles. The number of carbonyl (C=O) groups is 1. The summed E-state index contributed by atoms with van der Waals surface area (Å²) in [5.41, 5.74) is 1.26. The number of nitrogens with one attached hydrogen (secondary N) is 1. The van der Waals surface area contributed by atoms with Gasteiger partial charge >= 0.3 is 12.1 Å². The number of hydrogen-bond acceptors (Lipinski definition) is 2. The molecule has 0 amide bonds. The van der Waals surface area contributed by atoms with Gasteiger partial charge in [0, 0.05) is 39.9 Å². The second-order valence-corrected chi connectivity index (χ2v) is 9.03. The number of halogens is 5. The van der Waals surface area contributed by atoms with Crippen molar-refractivity contribution in [1.82, 2.24) is 9.88 Å². The molecule has 0 bridgehead atoms. The number of allylic oxidation sites excluding steroid dienone is 1. The Labute approximate surface area is 204 Å². The first-order valence-electron chi connectivity index (χ1n) is 11.5. The Balaban J connectivity index is 1.78. The highest BCUT2D eigenvalue weighted by atomic mass is 19.4. The molecule has 0 radical (unpaired) electrons. The van der Waals surface area contributed by atoms with Gasteiger partial charge in [-0.2, -0.15) is 13.2 Å². The smallest absolute Gasteiger partial charge is 0.412 e. The monoisotopic (exact) mass is 504 g/mol. The summed E-state index contributed by atoms with van der Waals surface area (Å²) in [5.74, 6) is -2.99. The van der Waals surface area contributed by atoms with Crippen molar-refractivity contribution in [3.8, 4) is 0 Å². The molecule has 9 heteroatoms. The molecule has 0 saturated carbocycles. The summed E-state index contributed by atoms with van der Waals surface area (Å²) in [7, 11) is 0. The lowest BCUT2D eigenvalue weighted by Crippen LogP contribution is -2.43. The third-order valence-corrected chi connectivity index (χ3v) is 6.61. The van der Waals surface area contributed by atoms with Gasteiger partial charge in [0.25, 0.3) is 0 Å². The van der Waals surface area contributed by atoms with Crippen LogP contribution in [0.2, 0.25) is 0 Å². The van der Waals surface area contributed by atoms with Crippen LogP contribution in [-0.2, 0) is 11.2 Å². The molecular weight excluding hydrogens is 479 g/mol. The van der Waals surface area contributed by atoms with Crippen molar-refractivity contribution < 1.29 is 31.9 Å². The minimum absolute atomic E-state index is 0.0462. The summed E-state index contributed by atoms with van der Waals surface area (Å²) in [4.78, 5) is 15.9. The van der Waals surface area contributed by atoms with E-state index in [2.05, 4.69) is 11.6 Å². The Hall–Kier alpha value is -3.46. The van der Waals surface area contributed by atoms with Crippen LogP contribution in [-0.4, -0.2) is 39.7 Å². The predicted molar refractivity (Wildman–Crippen MR) is 127 cm³/mol. The highest BCUT2D eigenvalue weighted by molar-refractivity contribution is 5.86. The molecule has 4 rings (SSSR count). The van der Waals surface area contributed by atoms with E-state index >= 15 is 8.78 Å². The van der Waals surface area contributed by atoms with E-state index in [0.29, 0.717) is 12.1 Å². The van der Waals surface area contributed by atoms with Gasteiger partial charge in [0.1, 0.15) is 11.6 Å². The number of aromatic nitrogens is 1. The second-order valence-electron chi connectivity index (χ2n) is 9.03. The third-order valence-electron chi connectivity index (χ3n) is 6.61. The van der Waals surface area contributed by atoms with E-state index in [1.165, 1.54) is 0 Å². The Bertz CT molecular complexity index is 1320. The number of carboxylic acids is 1. The first-order valence-corrected chi connectivity index (χ1v) is 11.5. The normalized spacial score (nSPS) is 18.6. The van der Waals surface area contributed by atoms with Gasteiger partial charge in [-0.1, -0.05) is 24.8 Å². The van der Waals surface area contributed by atoms with Gasteiger partial charge in [-0.15, -0.1) is 0 Å². The molecule has 2 unspecified atom stereocenters. The number of rotatable bonds is 7. The van der Waals surface area contributed by atoms with Crippen LogP contribution in [0.25, 0.3) is 17.0 Å². The van der Waals surface area contributed by atoms with Crippen molar-refractivity contribution in [2.45, 2.75) is 44.4 Å². The van der Waals surface area contributed by atoms with E-state index in [1.54, 1.807) is 0 Å². The molecule has 0 aliphatic carbocycles. The fourth-order valence-electron chi connectivity index (χ4n) is 4.91. The fourth-order valence-corrected chi connectivity index (χ4v) is 4.91. The highest BCUT2D eigenvalue weighted by Gasteiger charge is 2.39. The van der Waals surface area contributed by atoms with Gasteiger partial charge in [0.2, 0.25) is 0 Å². The number of fused-ring (bicyclic) bond motifs is 3. The van der Waals surface area contributed by atoms with Crippen molar-refractivity contribution >= 4 is 22.9 Å². The minimum Gasteiger partial charge on any atom is -0.478 e. The van der Waals surface area contributed by atoms with Crippen LogP contribution in [0.4, 0.5) is 22.0 Å².